The van der Waals surface area contributed by atoms with Gasteiger partial charge in [-0.3, -0.25) is 0 Å². The van der Waals surface area contributed by atoms with Gasteiger partial charge >= 0.3 is 0 Å². The van der Waals surface area contributed by atoms with Crippen LogP contribution in [-0.4, -0.2) is 68.5 Å². The molecule has 9 heteroatoms. The average molecular weight is 829 g/mol. The Labute approximate surface area is 352 Å². The van der Waals surface area contributed by atoms with E-state index in [0.717, 1.165) is 84.5 Å². The van der Waals surface area contributed by atoms with Gasteiger partial charge < -0.3 is 40.8 Å². The van der Waals surface area contributed by atoms with Crippen molar-refractivity contribution in [1.82, 2.24) is 0 Å². The van der Waals surface area contributed by atoms with E-state index >= 15 is 0 Å². The van der Waals surface area contributed by atoms with Gasteiger partial charge in [-0.2, -0.15) is 0 Å². The van der Waals surface area contributed by atoms with E-state index in [-0.39, 0.29) is 76.0 Å². The Morgan fingerprint density at radius 1 is 0.392 bits per heavy atom. The summed E-state index contributed by atoms with van der Waals surface area (Å²) in [6.45, 7) is 39.5. The van der Waals surface area contributed by atoms with Crippen LogP contribution in [0.2, 0.25) is 48.4 Å². The van der Waals surface area contributed by atoms with Gasteiger partial charge in [0.2, 0.25) is 0 Å². The summed E-state index contributed by atoms with van der Waals surface area (Å²) in [5.74, 6) is 9.25. The van der Waals surface area contributed by atoms with Crippen LogP contribution in [0.25, 0.3) is 0 Å². The van der Waals surface area contributed by atoms with Gasteiger partial charge in [0.1, 0.15) is 0 Å². The summed E-state index contributed by atoms with van der Waals surface area (Å²) in [5, 5.41) is 35.8. The molecule has 4 saturated carbocycles. The van der Waals surface area contributed by atoms with E-state index in [4.69, 9.17) is 10.2 Å². The van der Waals surface area contributed by atoms with Crippen LogP contribution in [0.5, 0.6) is 0 Å². The van der Waals surface area contributed by atoms with Gasteiger partial charge in [0.15, 0.2) is 0 Å². The fraction of sp³-hybridized carbons (Fsp3) is 0.952. The Bertz CT molecular complexity index is 799. The Morgan fingerprint density at radius 3 is 0.784 bits per heavy atom. The average Bonchev–Trinajstić information content (AvgIpc) is 3.32. The zero-order chi connectivity index (χ0) is 36.2. The maximum atomic E-state index is 10.9. The first-order chi connectivity index (χ1) is 21.2. The van der Waals surface area contributed by atoms with Crippen LogP contribution in [0.4, 0.5) is 0 Å². The SMILES string of the molecule is CC1CC(C)C(O)C([Si](C)(C)C2C(C)C(C)C(C)C2C)C1.CC1CC(C)C(O)C([Si](C)(C)C2C(C)C(C)C(C)C2C)C1.CO.CO.O.[CH3-].[CH3-].[Ti].[Ti]. The van der Waals surface area contributed by atoms with Crippen molar-refractivity contribution in [1.29, 1.82) is 0 Å². The van der Waals surface area contributed by atoms with Crippen molar-refractivity contribution in [3.05, 3.63) is 14.9 Å². The summed E-state index contributed by atoms with van der Waals surface area (Å²) in [5.41, 5.74) is 2.95. The van der Waals surface area contributed by atoms with Crippen LogP contribution >= 0.6 is 0 Å². The van der Waals surface area contributed by atoms with Gasteiger partial charge in [-0.05, 0) is 119 Å². The smallest absolute Gasteiger partial charge is 0.0570 e. The maximum Gasteiger partial charge on any atom is 0.0570 e. The molecule has 0 aromatic carbocycles. The van der Waals surface area contributed by atoms with Gasteiger partial charge in [0, 0.05) is 57.7 Å². The molecule has 0 aromatic heterocycles. The van der Waals surface area contributed by atoms with E-state index in [9.17, 15) is 10.2 Å². The van der Waals surface area contributed by atoms with Crippen molar-refractivity contribution >= 4 is 16.1 Å². The summed E-state index contributed by atoms with van der Waals surface area (Å²) in [7, 11) is -0.952. The van der Waals surface area contributed by atoms with E-state index in [1.807, 2.05) is 0 Å². The molecule has 5 nitrogen and oxygen atoms in total. The Balaban J connectivity index is -0.000000231. The number of hydrogen-bond donors (Lipinski definition) is 4. The molecule has 16 atom stereocenters. The monoisotopic (exact) mass is 829 g/mol. The van der Waals surface area contributed by atoms with Crippen LogP contribution < -0.4 is 0 Å². The number of hydrogen-bond acceptors (Lipinski definition) is 4. The van der Waals surface area contributed by atoms with Crippen molar-refractivity contribution in [3.63, 3.8) is 0 Å². The number of aliphatic hydroxyl groups excluding tert-OH is 4. The molecule has 51 heavy (non-hydrogen) atoms. The van der Waals surface area contributed by atoms with E-state index in [1.165, 1.54) is 25.7 Å². The standard InChI is InChI=1S/2C19H38OSi.2CH4O.2CH3.H2O.2Ti/c2*1-11-9-12(2)18(20)17(10-11)21(7,8)19-15(5)13(3)14(4)16(19)6;2*1-2;;;;;/h2*11-20H,9-10H2,1-8H3;2*2H,1H3;2*1H3;1H2;;/q;;;;2*-1;;;. The summed E-state index contributed by atoms with van der Waals surface area (Å²) in [6.07, 6.45) is 4.87. The van der Waals surface area contributed by atoms with Crippen LogP contribution in [-0.2, 0) is 43.4 Å². The largest absolute Gasteiger partial charge is 0.412 e. The van der Waals surface area contributed by atoms with Crippen molar-refractivity contribution < 1.29 is 69.3 Å². The molecule has 0 amide bonds. The molecule has 0 saturated heterocycles. The molecule has 4 rings (SSSR count). The van der Waals surface area contributed by atoms with Crippen LogP contribution in [0, 0.1) is 85.9 Å². The Hall–Kier alpha value is 1.66. The van der Waals surface area contributed by atoms with Gasteiger partial charge in [-0.25, -0.2) is 0 Å². The third kappa shape index (κ3) is 13.4. The first-order valence-electron chi connectivity index (χ1n) is 19.4. The number of aliphatic hydroxyl groups is 4. The van der Waals surface area contributed by atoms with Crippen molar-refractivity contribution in [2.45, 2.75) is 169 Å². The van der Waals surface area contributed by atoms with E-state index in [1.54, 1.807) is 0 Å². The Morgan fingerprint density at radius 2 is 0.588 bits per heavy atom. The fourth-order valence-electron chi connectivity index (χ4n) is 12.6. The van der Waals surface area contributed by atoms with Gasteiger partial charge in [0.25, 0.3) is 0 Å². The minimum atomic E-state index is -1.48. The number of rotatable bonds is 4. The molecule has 0 spiro atoms. The van der Waals surface area contributed by atoms with Crippen molar-refractivity contribution in [3.8, 4) is 0 Å². The third-order valence-electron chi connectivity index (χ3n) is 15.7. The second kappa shape index (κ2) is 25.8. The molecule has 0 aromatic rings. The molecule has 0 heterocycles. The quantitative estimate of drug-likeness (QED) is 0.167. The van der Waals surface area contributed by atoms with E-state index in [2.05, 4.69) is 109 Å². The predicted octanol–water partition coefficient (Wildman–Crippen LogP) is 10.1. The van der Waals surface area contributed by atoms with Gasteiger partial charge in [0.05, 0.1) is 28.4 Å². The summed E-state index contributed by atoms with van der Waals surface area (Å²) < 4.78 is 0. The summed E-state index contributed by atoms with van der Waals surface area (Å²) in [6, 6.07) is 0. The molecule has 308 valence electrons. The molecule has 4 aliphatic carbocycles. The third-order valence-corrected chi connectivity index (χ3v) is 26.2. The van der Waals surface area contributed by atoms with Gasteiger partial charge in [-0.15, -0.1) is 0 Å². The topological polar surface area (TPSA) is 112 Å². The Kier molecular flexibility index (Phi) is 31.3. The molecule has 0 aliphatic heterocycles. The molecule has 4 fully saturated rings. The maximum absolute atomic E-state index is 10.9. The van der Waals surface area contributed by atoms with Crippen molar-refractivity contribution in [2.75, 3.05) is 14.2 Å². The molecular weight excluding hydrogens is 736 g/mol. The minimum Gasteiger partial charge on any atom is -0.412 e. The zero-order valence-corrected chi connectivity index (χ0v) is 42.6. The first kappa shape index (κ1) is 61.9. The molecule has 0 radical (unpaired) electrons. The van der Waals surface area contributed by atoms with E-state index < -0.39 is 16.1 Å². The molecule has 0 bridgehead atoms. The summed E-state index contributed by atoms with van der Waals surface area (Å²) in [4.78, 5) is 0. The second-order valence-electron chi connectivity index (χ2n) is 18.9. The van der Waals surface area contributed by atoms with Crippen LogP contribution in [0.1, 0.15) is 109 Å². The minimum absolute atomic E-state index is 0. The summed E-state index contributed by atoms with van der Waals surface area (Å²) >= 11 is 0. The fourth-order valence-corrected chi connectivity index (χ4v) is 24.6. The zero-order valence-electron chi connectivity index (χ0n) is 37.5. The van der Waals surface area contributed by atoms with Gasteiger partial charge in [-0.1, -0.05) is 109 Å². The van der Waals surface area contributed by atoms with Crippen LogP contribution in [0.15, 0.2) is 0 Å². The second-order valence-corrected chi connectivity index (χ2v) is 29.0. The van der Waals surface area contributed by atoms with Crippen molar-refractivity contribution in [2.24, 2.45) is 71.0 Å². The molecule has 16 unspecified atom stereocenters. The predicted molar refractivity (Wildman–Crippen MR) is 223 cm³/mol. The molecule has 6 N–H and O–H groups in total. The van der Waals surface area contributed by atoms with E-state index in [0.29, 0.717) is 22.9 Å². The first-order valence-corrected chi connectivity index (χ1v) is 25.7. The van der Waals surface area contributed by atoms with Crippen LogP contribution in [0.3, 0.4) is 0 Å². The normalized spacial score (nSPS) is 43.2. The molecule has 4 aliphatic rings. The molecular formula is C42H92O5Si2Ti2-2.